The van der Waals surface area contributed by atoms with Gasteiger partial charge in [-0.15, -0.1) is 0 Å². The molecule has 1 aromatic heterocycles. The molecule has 3 rings (SSSR count). The van der Waals surface area contributed by atoms with Gasteiger partial charge in [0.15, 0.2) is 5.03 Å². The third kappa shape index (κ3) is 4.47. The molecule has 0 spiro atoms. The Kier molecular flexibility index (Phi) is 6.26. The van der Waals surface area contributed by atoms with Gasteiger partial charge in [0, 0.05) is 29.8 Å². The highest BCUT2D eigenvalue weighted by molar-refractivity contribution is 9.10. The molecule has 1 atom stereocenters. The van der Waals surface area contributed by atoms with Crippen molar-refractivity contribution < 1.29 is 13.2 Å². The van der Waals surface area contributed by atoms with Gasteiger partial charge in [-0.05, 0) is 67.2 Å². The number of carbonyl (C=O) groups excluding carboxylic acids is 1. The van der Waals surface area contributed by atoms with E-state index in [9.17, 15) is 13.2 Å². The monoisotopic (exact) mass is 468 g/mol. The van der Waals surface area contributed by atoms with E-state index in [4.69, 9.17) is 0 Å². The maximum absolute atomic E-state index is 13.0. The van der Waals surface area contributed by atoms with Gasteiger partial charge in [-0.3, -0.25) is 4.79 Å². The largest absolute Gasteiger partial charge is 0.334 e. The number of rotatable bonds is 5. The van der Waals surface area contributed by atoms with Crippen LogP contribution in [-0.2, 0) is 14.8 Å². The summed E-state index contributed by atoms with van der Waals surface area (Å²) in [4.78, 5) is 16.8. The molecule has 1 N–H and O–H groups in total. The van der Waals surface area contributed by atoms with Crippen molar-refractivity contribution in [1.82, 2.24) is 13.9 Å². The van der Waals surface area contributed by atoms with Crippen molar-refractivity contribution in [2.24, 2.45) is 5.92 Å². The van der Waals surface area contributed by atoms with Crippen molar-refractivity contribution in [3.05, 3.63) is 40.8 Å². The third-order valence-corrected chi connectivity index (χ3v) is 7.32. The molecule has 2 aromatic rings. The number of nitrogens with zero attached hydrogens (tertiary/aromatic N) is 3. The second kappa shape index (κ2) is 8.34. The molecule has 1 aliphatic heterocycles. The van der Waals surface area contributed by atoms with Gasteiger partial charge in [0.1, 0.15) is 0 Å². The molecule has 1 fully saturated rings. The summed E-state index contributed by atoms with van der Waals surface area (Å²) in [6.45, 7) is 6.45. The molecular formula is C19H25BrN4O3S. The molecule has 2 heterocycles. The van der Waals surface area contributed by atoms with Crippen LogP contribution < -0.4 is 5.32 Å². The number of halogens is 1. The van der Waals surface area contributed by atoms with Crippen LogP contribution >= 0.6 is 15.9 Å². The van der Waals surface area contributed by atoms with E-state index in [1.54, 1.807) is 10.8 Å². The van der Waals surface area contributed by atoms with Gasteiger partial charge in [-0.1, -0.05) is 6.07 Å². The highest BCUT2D eigenvalue weighted by Gasteiger charge is 2.34. The number of imidazole rings is 1. The van der Waals surface area contributed by atoms with E-state index < -0.39 is 15.9 Å². The Morgan fingerprint density at radius 2 is 2.11 bits per heavy atom. The van der Waals surface area contributed by atoms with Gasteiger partial charge in [0.2, 0.25) is 5.91 Å². The summed E-state index contributed by atoms with van der Waals surface area (Å²) >= 11 is 3.46. The van der Waals surface area contributed by atoms with Gasteiger partial charge in [0.25, 0.3) is 10.0 Å². The van der Waals surface area contributed by atoms with Gasteiger partial charge >= 0.3 is 0 Å². The number of amides is 1. The summed E-state index contributed by atoms with van der Waals surface area (Å²) in [5, 5.41) is 2.94. The minimum absolute atomic E-state index is 0.0311. The fourth-order valence-corrected chi connectivity index (χ4v) is 5.23. The predicted molar refractivity (Wildman–Crippen MR) is 112 cm³/mol. The van der Waals surface area contributed by atoms with Crippen molar-refractivity contribution >= 4 is 37.5 Å². The Morgan fingerprint density at radius 3 is 2.75 bits per heavy atom. The van der Waals surface area contributed by atoms with E-state index in [-0.39, 0.29) is 23.5 Å². The number of benzene rings is 1. The summed E-state index contributed by atoms with van der Waals surface area (Å²) in [7, 11) is -3.72. The van der Waals surface area contributed by atoms with Crippen LogP contribution in [-0.4, -0.2) is 41.3 Å². The topological polar surface area (TPSA) is 84.3 Å². The van der Waals surface area contributed by atoms with E-state index in [1.807, 2.05) is 39.0 Å². The first kappa shape index (κ1) is 21.0. The fraction of sp³-hybridized carbons (Fsp3) is 0.474. The first-order valence-corrected chi connectivity index (χ1v) is 11.5. The van der Waals surface area contributed by atoms with Crippen LogP contribution in [0.2, 0.25) is 0 Å². The Balaban J connectivity index is 1.72. The molecular weight excluding hydrogens is 444 g/mol. The summed E-state index contributed by atoms with van der Waals surface area (Å²) in [6.07, 6.45) is 4.37. The number of piperidine rings is 1. The standard InChI is InChI=1S/C19H25BrN4O3S/c1-13(2)23-11-18(21-12-23)28(26,27)24-8-4-5-15(10-24)19(25)22-17-7-6-14(3)9-16(17)20/h6-7,9,11-13,15H,4-5,8,10H2,1-3H3,(H,22,25). The Bertz CT molecular complexity index is 971. The van der Waals surface area contributed by atoms with Crippen LogP contribution in [0.5, 0.6) is 0 Å². The van der Waals surface area contributed by atoms with Crippen molar-refractivity contribution in [3.63, 3.8) is 0 Å². The SMILES string of the molecule is Cc1ccc(NC(=O)C2CCCN(S(=O)(=O)c3cn(C(C)C)cn3)C2)c(Br)c1. The second-order valence-corrected chi connectivity index (χ2v) is 10.2. The van der Waals surface area contributed by atoms with Gasteiger partial charge in [0.05, 0.1) is 17.9 Å². The molecule has 9 heteroatoms. The molecule has 1 amide bonds. The number of hydrogen-bond acceptors (Lipinski definition) is 4. The Labute approximate surface area is 174 Å². The van der Waals surface area contributed by atoms with E-state index in [1.165, 1.54) is 10.6 Å². The van der Waals surface area contributed by atoms with Gasteiger partial charge in [-0.2, -0.15) is 4.31 Å². The molecule has 1 unspecified atom stereocenters. The molecule has 152 valence electrons. The van der Waals surface area contributed by atoms with Crippen molar-refractivity contribution in [2.75, 3.05) is 18.4 Å². The minimum atomic E-state index is -3.72. The van der Waals surface area contributed by atoms with Crippen LogP contribution in [0.15, 0.2) is 40.2 Å². The number of carbonyl (C=O) groups is 1. The summed E-state index contributed by atoms with van der Waals surface area (Å²) in [5.41, 5.74) is 1.77. The van der Waals surface area contributed by atoms with Crippen molar-refractivity contribution in [1.29, 1.82) is 0 Å². The quantitative estimate of drug-likeness (QED) is 0.726. The van der Waals surface area contributed by atoms with Gasteiger partial charge < -0.3 is 9.88 Å². The number of hydrogen-bond donors (Lipinski definition) is 1. The lowest BCUT2D eigenvalue weighted by atomic mass is 9.98. The van der Waals surface area contributed by atoms with Crippen LogP contribution in [0.25, 0.3) is 0 Å². The number of aromatic nitrogens is 2. The van der Waals surface area contributed by atoms with Crippen LogP contribution in [0.4, 0.5) is 5.69 Å². The zero-order valence-electron chi connectivity index (χ0n) is 16.2. The summed E-state index contributed by atoms with van der Waals surface area (Å²) in [5.74, 6) is -0.568. The first-order valence-electron chi connectivity index (χ1n) is 9.29. The zero-order valence-corrected chi connectivity index (χ0v) is 18.6. The van der Waals surface area contributed by atoms with E-state index in [0.29, 0.717) is 25.1 Å². The van der Waals surface area contributed by atoms with Crippen molar-refractivity contribution in [3.8, 4) is 0 Å². The zero-order chi connectivity index (χ0) is 20.5. The molecule has 1 aliphatic rings. The maximum Gasteiger partial charge on any atom is 0.262 e. The maximum atomic E-state index is 13.0. The lowest BCUT2D eigenvalue weighted by Crippen LogP contribution is -2.43. The number of anilines is 1. The number of sulfonamides is 1. The molecule has 1 aromatic carbocycles. The number of aryl methyl sites for hydroxylation is 1. The normalized spacial score (nSPS) is 18.4. The van der Waals surface area contributed by atoms with E-state index in [2.05, 4.69) is 26.2 Å². The lowest BCUT2D eigenvalue weighted by Gasteiger charge is -2.30. The average molecular weight is 469 g/mol. The third-order valence-electron chi connectivity index (χ3n) is 4.92. The van der Waals surface area contributed by atoms with E-state index >= 15 is 0 Å². The Hall–Kier alpha value is -1.71. The first-order chi connectivity index (χ1) is 13.2. The van der Waals surface area contributed by atoms with Gasteiger partial charge in [-0.25, -0.2) is 13.4 Å². The van der Waals surface area contributed by atoms with Crippen LogP contribution in [0.1, 0.15) is 38.3 Å². The Morgan fingerprint density at radius 1 is 1.36 bits per heavy atom. The highest BCUT2D eigenvalue weighted by atomic mass is 79.9. The molecule has 0 aliphatic carbocycles. The number of nitrogens with one attached hydrogen (secondary N) is 1. The summed E-state index contributed by atoms with van der Waals surface area (Å²) in [6, 6.07) is 5.82. The average Bonchev–Trinajstić information content (AvgIpc) is 3.15. The smallest absolute Gasteiger partial charge is 0.262 e. The van der Waals surface area contributed by atoms with Crippen molar-refractivity contribution in [2.45, 2.75) is 44.7 Å². The second-order valence-electron chi connectivity index (χ2n) is 7.43. The molecule has 0 saturated carbocycles. The minimum Gasteiger partial charge on any atom is -0.334 e. The highest BCUT2D eigenvalue weighted by Crippen LogP contribution is 2.27. The molecule has 0 bridgehead atoms. The van der Waals surface area contributed by atoms with E-state index in [0.717, 1.165) is 10.0 Å². The predicted octanol–water partition coefficient (Wildman–Crippen LogP) is 3.57. The van der Waals surface area contributed by atoms with Crippen LogP contribution in [0, 0.1) is 12.8 Å². The lowest BCUT2D eigenvalue weighted by molar-refractivity contribution is -0.120. The fourth-order valence-electron chi connectivity index (χ4n) is 3.20. The van der Waals surface area contributed by atoms with Crippen LogP contribution in [0.3, 0.4) is 0 Å². The molecule has 1 saturated heterocycles. The summed E-state index contributed by atoms with van der Waals surface area (Å²) < 4.78 is 29.8. The molecule has 0 radical (unpaired) electrons. The molecule has 7 nitrogen and oxygen atoms in total. The molecule has 28 heavy (non-hydrogen) atoms.